The van der Waals surface area contributed by atoms with Gasteiger partial charge in [-0.15, -0.1) is 35.5 Å². The van der Waals surface area contributed by atoms with E-state index in [4.69, 9.17) is 34.0 Å². The van der Waals surface area contributed by atoms with Gasteiger partial charge in [0, 0.05) is 148 Å². The molecule has 0 aromatic rings. The summed E-state index contributed by atoms with van der Waals surface area (Å²) in [6.45, 7) is 18.8. The van der Waals surface area contributed by atoms with Crippen molar-refractivity contribution in [3.8, 4) is 35.5 Å². The minimum absolute atomic E-state index is 0.0255. The Bertz CT molecular complexity index is 3190. The van der Waals surface area contributed by atoms with E-state index in [0.29, 0.717) is 125 Å². The standard InChI is InChI=1S/C51H74N6O12.C26H39N3O6.C2H5N3/c1-34(2)48(62)66-30-36-26-56(46(60)17-19-52-50(64)68-32-44-40-13-9-5-6-10-14-41(40)44)23-21-54(36)28-38(58)25-39(59)29-55-22-24-57(27-37(55)31-67-49(63)35(3)4)47(61)18-20-53-51(65)69-33-45-42-15-11-7-8-12-16-43(42)45;1-18(2)25(32)34-16-20-15-29(13-12-28(20)14-19(3)30)24(31)10-11-27-26(33)35-17-23-21-8-6-4-5-7-9-22(21)23;1-2-4-5-3/h34-37,40-45H,9-33H2,1-4H3,(H,52,64)(H,53,65);18,20-23H,6-17H2,1-3H3,(H,27,33);2H2,1H3/t36?,37?,40-,41+,42-,43+,44?,45?;20?,21-,22+,23?;. The van der Waals surface area contributed by atoms with Crippen molar-refractivity contribution < 1.29 is 86.0 Å². The maximum Gasteiger partial charge on any atom is 0.407 e. The summed E-state index contributed by atoms with van der Waals surface area (Å²) in [5.41, 5.74) is 7.52. The molecule has 3 saturated carbocycles. The van der Waals surface area contributed by atoms with Crippen molar-refractivity contribution in [3.05, 3.63) is 10.4 Å². The minimum Gasteiger partial charge on any atom is -0.464 e. The number of nitrogens with zero attached hydrogens (tertiary/aromatic N) is 9. The van der Waals surface area contributed by atoms with Crippen molar-refractivity contribution in [3.63, 3.8) is 0 Å². The summed E-state index contributed by atoms with van der Waals surface area (Å²) in [5, 5.41) is 11.2. The second-order valence-corrected chi connectivity index (χ2v) is 30.8. The van der Waals surface area contributed by atoms with Gasteiger partial charge in [-0.3, -0.25) is 57.9 Å². The van der Waals surface area contributed by atoms with Gasteiger partial charge in [0.2, 0.25) is 17.7 Å². The summed E-state index contributed by atoms with van der Waals surface area (Å²) in [7, 11) is 0. The zero-order chi connectivity index (χ0) is 78.9. The summed E-state index contributed by atoms with van der Waals surface area (Å²) in [4.78, 5) is 165. The molecule has 9 aliphatic rings. The Hall–Kier alpha value is -8.49. The number of amides is 6. The van der Waals surface area contributed by atoms with Crippen LogP contribution in [0.2, 0.25) is 0 Å². The number of azide groups is 1. The van der Waals surface area contributed by atoms with Crippen LogP contribution in [-0.4, -0.2) is 263 Å². The van der Waals surface area contributed by atoms with Crippen molar-refractivity contribution in [1.82, 2.24) is 45.3 Å². The molecule has 9 rings (SSSR count). The van der Waals surface area contributed by atoms with Crippen molar-refractivity contribution >= 4 is 71.3 Å². The first-order valence-corrected chi connectivity index (χ1v) is 39.5. The molecule has 6 unspecified atom stereocenters. The fourth-order valence-electron chi connectivity index (χ4n) is 15.4. The number of hydrogen-bond donors (Lipinski definition) is 3. The van der Waals surface area contributed by atoms with Gasteiger partial charge in [0.15, 0.2) is 11.6 Å². The topological polar surface area (TPSA) is 365 Å². The third kappa shape index (κ3) is 30.0. The lowest BCUT2D eigenvalue weighted by molar-refractivity contribution is -0.152. The first-order valence-electron chi connectivity index (χ1n) is 39.5. The quantitative estimate of drug-likeness (QED) is 0.0125. The number of nitrogens with one attached hydrogen (secondary N) is 3. The second kappa shape index (κ2) is 45.6. The first-order chi connectivity index (χ1) is 52.3. The van der Waals surface area contributed by atoms with Crippen LogP contribution in [0.4, 0.5) is 14.4 Å². The van der Waals surface area contributed by atoms with Gasteiger partial charge in [0.25, 0.3) is 0 Å². The average molecular weight is 1520 g/mol. The Morgan fingerprint density at radius 3 is 0.927 bits per heavy atom. The van der Waals surface area contributed by atoms with Crippen LogP contribution in [0.25, 0.3) is 10.4 Å². The molecule has 0 radical (unpaired) electrons. The Balaban J connectivity index is 0.000000343. The molecular weight excluding hydrogens is 1400 g/mol. The van der Waals surface area contributed by atoms with E-state index in [-0.39, 0.29) is 163 Å². The van der Waals surface area contributed by atoms with Crippen molar-refractivity contribution in [2.24, 2.45) is 76.1 Å². The monoisotopic (exact) mass is 1520 g/mol. The first kappa shape index (κ1) is 87.7. The number of carbonyl (C=O) groups excluding carboxylic acids is 12. The molecule has 3 aliphatic heterocycles. The largest absolute Gasteiger partial charge is 0.464 e. The molecule has 0 bridgehead atoms. The summed E-state index contributed by atoms with van der Waals surface area (Å²) in [5.74, 6) is 20.4. The molecule has 109 heavy (non-hydrogen) atoms. The van der Waals surface area contributed by atoms with E-state index < -0.39 is 42.3 Å². The highest BCUT2D eigenvalue weighted by Gasteiger charge is 2.51. The van der Waals surface area contributed by atoms with Gasteiger partial charge in [-0.1, -0.05) is 53.6 Å². The van der Waals surface area contributed by atoms with Crippen LogP contribution in [0.3, 0.4) is 0 Å². The number of alkyl carbamates (subject to hydrolysis) is 3. The van der Waals surface area contributed by atoms with Crippen LogP contribution >= 0.6 is 0 Å². The number of rotatable bonds is 33. The average Bonchev–Trinajstić information content (AvgIpc) is 1.64. The fraction of sp³-hybridized carbons (Fsp3) is 0.772. The van der Waals surface area contributed by atoms with E-state index in [1.165, 1.54) is 6.92 Å². The summed E-state index contributed by atoms with van der Waals surface area (Å²) in [6, 6.07) is -1.25. The third-order valence-corrected chi connectivity index (χ3v) is 21.9. The van der Waals surface area contributed by atoms with E-state index in [0.717, 1.165) is 77.0 Å². The molecule has 6 fully saturated rings. The van der Waals surface area contributed by atoms with Crippen LogP contribution < -0.4 is 16.0 Å². The highest BCUT2D eigenvalue weighted by atomic mass is 16.6. The molecule has 602 valence electrons. The van der Waals surface area contributed by atoms with E-state index >= 15 is 0 Å². The maximum absolute atomic E-state index is 13.5. The van der Waals surface area contributed by atoms with Crippen LogP contribution in [-0.2, 0) is 71.6 Å². The number of hydrogen-bond acceptors (Lipinski definition) is 22. The van der Waals surface area contributed by atoms with Gasteiger partial charge in [-0.2, -0.15) is 0 Å². The van der Waals surface area contributed by atoms with Gasteiger partial charge in [0.05, 0.1) is 81.8 Å². The highest BCUT2D eigenvalue weighted by Crippen LogP contribution is 2.54. The van der Waals surface area contributed by atoms with Crippen LogP contribution in [0.5, 0.6) is 0 Å². The summed E-state index contributed by atoms with van der Waals surface area (Å²) >= 11 is 0. The van der Waals surface area contributed by atoms with E-state index in [1.807, 2.05) is 14.7 Å². The number of Topliss-reactive ketones (excluding diaryl/α,β-unsaturated/α-hetero) is 3. The number of esters is 3. The zero-order valence-corrected chi connectivity index (χ0v) is 65.4. The predicted molar refractivity (Wildman–Crippen MR) is 400 cm³/mol. The molecule has 12 atom stereocenters. The number of piperazine rings is 3. The molecular formula is C79H118N12O18. The Morgan fingerprint density at radius 2 is 0.688 bits per heavy atom. The molecule has 6 amide bonds. The molecule has 0 spiro atoms. The number of ether oxygens (including phenoxy) is 6. The van der Waals surface area contributed by atoms with Gasteiger partial charge >= 0.3 is 36.2 Å². The molecule has 0 aromatic carbocycles. The van der Waals surface area contributed by atoms with Gasteiger partial charge in [-0.25, -0.2) is 14.4 Å². The molecule has 0 aromatic heterocycles. The Labute approximate surface area is 642 Å². The molecule has 3 heterocycles. The SMILES string of the molecule is CC(=O)CN1CCN(C(=O)CCNC(=O)OCC2[C@H]3CCC#CCC[C@@H]23)CC1COC(=O)C(C)C.CC(C)C(=O)OCC1CN(C(=O)CCNC(=O)OCC2[C@H]3CCC#CCC[C@@H]23)CCN1CC(=O)CC(=O)CN1CCN(C(=O)CCNC(=O)OCC2[C@H]3CCC#CCC[C@@H]23)CC1COC(=O)C(C)C.CCN=[N+]=[N-]. The van der Waals surface area contributed by atoms with Crippen molar-refractivity contribution in [2.45, 2.75) is 176 Å². The van der Waals surface area contributed by atoms with Crippen molar-refractivity contribution in [1.29, 1.82) is 0 Å². The number of carbonyl (C=O) groups is 12. The van der Waals surface area contributed by atoms with Gasteiger partial charge < -0.3 is 59.1 Å². The van der Waals surface area contributed by atoms with Gasteiger partial charge in [0.1, 0.15) is 25.6 Å². The van der Waals surface area contributed by atoms with E-state index in [2.05, 4.69) is 61.5 Å². The zero-order valence-electron chi connectivity index (χ0n) is 65.4. The van der Waals surface area contributed by atoms with E-state index in [1.54, 1.807) is 63.2 Å². The predicted octanol–water partition coefficient (Wildman–Crippen LogP) is 6.21. The number of fused-ring (bicyclic) bond motifs is 3. The van der Waals surface area contributed by atoms with Crippen molar-refractivity contribution in [2.75, 3.05) is 144 Å². The second-order valence-electron chi connectivity index (χ2n) is 30.8. The summed E-state index contributed by atoms with van der Waals surface area (Å²) < 4.78 is 32.9. The van der Waals surface area contributed by atoms with Crippen LogP contribution in [0.1, 0.15) is 158 Å². The fourth-order valence-corrected chi connectivity index (χ4v) is 15.4. The lowest BCUT2D eigenvalue weighted by atomic mass is 10.1. The third-order valence-electron chi connectivity index (χ3n) is 21.9. The molecule has 30 heteroatoms. The lowest BCUT2D eigenvalue weighted by Gasteiger charge is -2.41. The smallest absolute Gasteiger partial charge is 0.407 e. The van der Waals surface area contributed by atoms with Crippen LogP contribution in [0.15, 0.2) is 5.11 Å². The molecule has 6 aliphatic carbocycles. The molecule has 30 nitrogen and oxygen atoms in total. The maximum atomic E-state index is 13.5. The van der Waals surface area contributed by atoms with Crippen LogP contribution in [0, 0.1) is 107 Å². The van der Waals surface area contributed by atoms with E-state index in [9.17, 15) is 57.5 Å². The molecule has 3 saturated heterocycles. The number of ketones is 3. The summed E-state index contributed by atoms with van der Waals surface area (Å²) in [6.07, 6.45) is 9.94. The Kier molecular flexibility index (Phi) is 36.7. The van der Waals surface area contributed by atoms with Gasteiger partial charge in [-0.05, 0) is 104 Å². The normalized spacial score (nSPS) is 25.3. The highest BCUT2D eigenvalue weighted by molar-refractivity contribution is 6.01. The Morgan fingerprint density at radius 1 is 0.413 bits per heavy atom. The minimum atomic E-state index is -0.555. The lowest BCUT2D eigenvalue weighted by Crippen LogP contribution is -2.58. The molecule has 3 N–H and O–H groups in total.